The number of fused-ring (bicyclic) bond motifs is 2. The topological polar surface area (TPSA) is 105 Å². The number of unbranched alkanes of at least 4 members (excludes halogenated alkanes) is 4. The minimum atomic E-state index is -0.752. The van der Waals surface area contributed by atoms with E-state index in [-0.39, 0.29) is 23.7 Å². The number of para-hydroxylation sites is 2. The number of halogens is 1. The van der Waals surface area contributed by atoms with Gasteiger partial charge in [-0.15, -0.1) is 0 Å². The molecular formula is C43H57BrN3O4+. The SMILES string of the molecule is CBr.CC.CC1(C)C(/C=C/C=C(C#N)/C=C/C=C2/N(CCCCCC(=O)O)c3ccccc3C2(C)C)=[N+](CCCCCC(=O)O)c2ccccc21. The molecule has 51 heavy (non-hydrogen) atoms. The second kappa shape index (κ2) is 21.2. The molecule has 0 radical (unpaired) electrons. The number of aliphatic carboxylic acids is 2. The summed E-state index contributed by atoms with van der Waals surface area (Å²) in [5, 5.41) is 28.0. The Hall–Kier alpha value is -4.22. The molecule has 0 spiro atoms. The van der Waals surface area contributed by atoms with Gasteiger partial charge in [0, 0.05) is 60.3 Å². The summed E-state index contributed by atoms with van der Waals surface area (Å²) >= 11 is 2.94. The summed E-state index contributed by atoms with van der Waals surface area (Å²) < 4.78 is 2.34. The van der Waals surface area contributed by atoms with E-state index in [1.807, 2.05) is 44.0 Å². The molecule has 0 atom stereocenters. The first kappa shape index (κ1) is 42.9. The van der Waals surface area contributed by atoms with Crippen LogP contribution in [0.15, 0.2) is 96.3 Å². The van der Waals surface area contributed by atoms with Crippen LogP contribution in [0.2, 0.25) is 0 Å². The molecule has 7 nitrogen and oxygen atoms in total. The van der Waals surface area contributed by atoms with E-state index in [1.165, 1.54) is 22.5 Å². The average Bonchev–Trinajstić information content (AvgIpc) is 3.47. The summed E-state index contributed by atoms with van der Waals surface area (Å²) in [6.07, 6.45) is 17.0. The number of benzene rings is 2. The van der Waals surface area contributed by atoms with Gasteiger partial charge in [0.2, 0.25) is 5.69 Å². The molecule has 0 fully saturated rings. The number of allylic oxidation sites excluding steroid dienone is 8. The fraction of sp³-hybridized carbons (Fsp3) is 0.442. The molecule has 0 amide bonds. The van der Waals surface area contributed by atoms with E-state index in [0.29, 0.717) is 18.4 Å². The van der Waals surface area contributed by atoms with Crippen LogP contribution in [0.25, 0.3) is 0 Å². The van der Waals surface area contributed by atoms with Crippen LogP contribution in [0.5, 0.6) is 0 Å². The zero-order valence-corrected chi connectivity index (χ0v) is 33.2. The highest BCUT2D eigenvalue weighted by Crippen LogP contribution is 2.47. The Morgan fingerprint density at radius 2 is 1.41 bits per heavy atom. The smallest absolute Gasteiger partial charge is 0.303 e. The lowest BCUT2D eigenvalue weighted by Gasteiger charge is -2.27. The lowest BCUT2D eigenvalue weighted by molar-refractivity contribution is -0.438. The summed E-state index contributed by atoms with van der Waals surface area (Å²) in [6.45, 7) is 14.5. The quantitative estimate of drug-likeness (QED) is 0.0581. The van der Waals surface area contributed by atoms with Crippen molar-refractivity contribution in [2.45, 2.75) is 104 Å². The number of carbonyl (C=O) groups is 2. The Bertz CT molecular complexity index is 1670. The van der Waals surface area contributed by atoms with Crippen LogP contribution in [-0.4, -0.2) is 51.4 Å². The number of alkyl halides is 1. The molecular weight excluding hydrogens is 702 g/mol. The van der Waals surface area contributed by atoms with E-state index >= 15 is 0 Å². The molecule has 8 heteroatoms. The molecule has 0 saturated heterocycles. The van der Waals surface area contributed by atoms with Crippen molar-refractivity contribution in [2.24, 2.45) is 0 Å². The molecule has 0 unspecified atom stereocenters. The number of carboxylic acid groups (broad SMARTS) is 2. The van der Waals surface area contributed by atoms with Crippen LogP contribution in [-0.2, 0) is 20.4 Å². The van der Waals surface area contributed by atoms with Crippen LogP contribution in [0.3, 0.4) is 0 Å². The molecule has 0 bridgehead atoms. The van der Waals surface area contributed by atoms with Gasteiger partial charge in [0.05, 0.1) is 17.1 Å². The van der Waals surface area contributed by atoms with E-state index < -0.39 is 11.9 Å². The van der Waals surface area contributed by atoms with E-state index in [0.717, 1.165) is 50.2 Å². The first-order chi connectivity index (χ1) is 24.5. The van der Waals surface area contributed by atoms with E-state index in [1.54, 1.807) is 0 Å². The highest BCUT2D eigenvalue weighted by molar-refractivity contribution is 9.08. The van der Waals surface area contributed by atoms with Crippen LogP contribution in [0.1, 0.15) is 104 Å². The number of carboxylic acids is 2. The number of hydrogen-bond donors (Lipinski definition) is 2. The van der Waals surface area contributed by atoms with Gasteiger partial charge in [0.15, 0.2) is 5.71 Å². The van der Waals surface area contributed by atoms with Crippen molar-refractivity contribution in [3.63, 3.8) is 0 Å². The lowest BCUT2D eigenvalue weighted by atomic mass is 9.81. The summed E-state index contributed by atoms with van der Waals surface area (Å²) in [6, 6.07) is 19.2. The Labute approximate surface area is 314 Å². The number of anilines is 1. The second-order valence-corrected chi connectivity index (χ2v) is 13.4. The predicted molar refractivity (Wildman–Crippen MR) is 215 cm³/mol. The van der Waals surface area contributed by atoms with Crippen molar-refractivity contribution in [1.82, 2.24) is 0 Å². The largest absolute Gasteiger partial charge is 0.481 e. The van der Waals surface area contributed by atoms with E-state index in [4.69, 9.17) is 10.2 Å². The fourth-order valence-electron chi connectivity index (χ4n) is 6.83. The third kappa shape index (κ3) is 11.4. The predicted octanol–water partition coefficient (Wildman–Crippen LogP) is 10.6. The zero-order chi connectivity index (χ0) is 38.0. The van der Waals surface area contributed by atoms with Gasteiger partial charge < -0.3 is 15.1 Å². The summed E-state index contributed by atoms with van der Waals surface area (Å²) in [7, 11) is 0. The van der Waals surface area contributed by atoms with Gasteiger partial charge in [-0.2, -0.15) is 9.84 Å². The van der Waals surface area contributed by atoms with Gasteiger partial charge in [-0.05, 0) is 75.2 Å². The monoisotopic (exact) mass is 758 g/mol. The number of nitrogens with zero attached hydrogens (tertiary/aromatic N) is 3. The van der Waals surface area contributed by atoms with E-state index in [9.17, 15) is 14.9 Å². The highest BCUT2D eigenvalue weighted by atomic mass is 79.9. The fourth-order valence-corrected chi connectivity index (χ4v) is 6.83. The molecule has 2 heterocycles. The maximum Gasteiger partial charge on any atom is 0.303 e. The van der Waals surface area contributed by atoms with Crippen molar-refractivity contribution in [3.8, 4) is 6.07 Å². The van der Waals surface area contributed by atoms with Crippen LogP contribution >= 0.6 is 15.9 Å². The summed E-state index contributed by atoms with van der Waals surface area (Å²) in [4.78, 5) is 24.2. The van der Waals surface area contributed by atoms with Gasteiger partial charge in [-0.1, -0.05) is 98.6 Å². The zero-order valence-electron chi connectivity index (χ0n) is 31.6. The number of rotatable bonds is 16. The van der Waals surface area contributed by atoms with E-state index in [2.05, 4.69) is 120 Å². The third-order valence-corrected chi connectivity index (χ3v) is 9.33. The first-order valence-electron chi connectivity index (χ1n) is 18.1. The maximum atomic E-state index is 10.9. The van der Waals surface area contributed by atoms with Crippen molar-refractivity contribution in [3.05, 3.63) is 107 Å². The minimum Gasteiger partial charge on any atom is -0.481 e. The van der Waals surface area contributed by atoms with Gasteiger partial charge >= 0.3 is 11.9 Å². The molecule has 2 aliphatic heterocycles. The van der Waals surface area contributed by atoms with Crippen molar-refractivity contribution >= 4 is 45.0 Å². The summed E-state index contributed by atoms with van der Waals surface area (Å²) in [5.74, 6) is 0.308. The molecule has 2 aromatic carbocycles. The maximum absolute atomic E-state index is 10.9. The first-order valence-corrected chi connectivity index (χ1v) is 19.7. The average molecular weight is 760 g/mol. The molecule has 2 aliphatic rings. The Morgan fingerprint density at radius 3 is 2.04 bits per heavy atom. The lowest BCUT2D eigenvalue weighted by Crippen LogP contribution is -2.27. The van der Waals surface area contributed by atoms with Gasteiger partial charge in [0.1, 0.15) is 6.54 Å². The molecule has 0 saturated carbocycles. The molecule has 4 rings (SSSR count). The van der Waals surface area contributed by atoms with Crippen molar-refractivity contribution < 1.29 is 24.4 Å². The van der Waals surface area contributed by atoms with Crippen LogP contribution in [0.4, 0.5) is 11.4 Å². The van der Waals surface area contributed by atoms with Crippen LogP contribution < -0.4 is 4.90 Å². The minimum absolute atomic E-state index is 0.196. The van der Waals surface area contributed by atoms with Crippen molar-refractivity contribution in [1.29, 1.82) is 5.26 Å². The molecule has 0 aromatic heterocycles. The standard InChI is InChI=1S/C40H47N3O4.C2H6.CH3Br/c1-39(2)31-19-9-11-21-33(31)42(27-13-5-7-25-37(44)45)35(39)23-15-17-30(29-41)18-16-24-36-40(3,4)32-20-10-12-22-34(32)43(36)28-14-6-8-26-38(46)47;2*1-2/h9-12,15-24H,5-8,13-14,25-28H2,1-4H3,(H-,44,45,46,47);1-2H3;1H3/p+1. The van der Waals surface area contributed by atoms with Gasteiger partial charge in [-0.3, -0.25) is 9.59 Å². The molecule has 2 N–H and O–H groups in total. The molecule has 0 aliphatic carbocycles. The highest BCUT2D eigenvalue weighted by Gasteiger charge is 2.43. The Balaban J connectivity index is 0.00000217. The molecule has 274 valence electrons. The Kier molecular flexibility index (Phi) is 17.9. The number of hydrogen-bond acceptors (Lipinski definition) is 4. The summed E-state index contributed by atoms with van der Waals surface area (Å²) in [5.41, 5.74) is 7.30. The van der Waals surface area contributed by atoms with Gasteiger partial charge in [-0.25, -0.2) is 0 Å². The third-order valence-electron chi connectivity index (χ3n) is 9.33. The van der Waals surface area contributed by atoms with Crippen LogP contribution in [0, 0.1) is 11.3 Å². The molecule has 2 aromatic rings. The van der Waals surface area contributed by atoms with Crippen molar-refractivity contribution in [2.75, 3.05) is 23.8 Å². The normalized spacial score (nSPS) is 16.3. The Morgan fingerprint density at radius 1 is 0.824 bits per heavy atom. The van der Waals surface area contributed by atoms with Gasteiger partial charge in [0.25, 0.3) is 0 Å². The second-order valence-electron chi connectivity index (χ2n) is 13.4. The number of nitriles is 1.